The minimum atomic E-state index is -3.97. The van der Waals surface area contributed by atoms with Crippen molar-refractivity contribution < 1.29 is 13.2 Å². The van der Waals surface area contributed by atoms with Gasteiger partial charge in [-0.2, -0.15) is 13.2 Å². The van der Waals surface area contributed by atoms with Crippen LogP contribution in [0.3, 0.4) is 0 Å². The van der Waals surface area contributed by atoms with Gasteiger partial charge < -0.3 is 5.32 Å². The molecule has 2 aliphatic rings. The zero-order chi connectivity index (χ0) is 8.82. The van der Waals surface area contributed by atoms with E-state index in [1.54, 1.807) is 0 Å². The van der Waals surface area contributed by atoms with E-state index in [1.807, 2.05) is 0 Å². The van der Waals surface area contributed by atoms with Gasteiger partial charge in [0, 0.05) is 13.0 Å². The van der Waals surface area contributed by atoms with E-state index in [1.165, 1.54) is 0 Å². The molecule has 1 aliphatic carbocycles. The molecule has 2 rings (SSSR count). The van der Waals surface area contributed by atoms with E-state index < -0.39 is 12.6 Å². The predicted molar refractivity (Wildman–Crippen MR) is 38.7 cm³/mol. The Labute approximate surface area is 69.3 Å². The number of fused-ring (bicyclic) bond motifs is 1. The zero-order valence-corrected chi connectivity index (χ0v) is 6.75. The van der Waals surface area contributed by atoms with Crippen LogP contribution in [0, 0.1) is 11.3 Å². The number of alkyl halides is 3. The first-order valence-corrected chi connectivity index (χ1v) is 4.29. The fourth-order valence-electron chi connectivity index (χ4n) is 2.22. The van der Waals surface area contributed by atoms with E-state index >= 15 is 0 Å². The molecule has 0 aromatic heterocycles. The second kappa shape index (κ2) is 2.37. The van der Waals surface area contributed by atoms with Gasteiger partial charge in [-0.1, -0.05) is 0 Å². The molecule has 0 amide bonds. The van der Waals surface area contributed by atoms with Gasteiger partial charge in [-0.25, -0.2) is 0 Å². The van der Waals surface area contributed by atoms with Crippen molar-refractivity contribution >= 4 is 0 Å². The standard InChI is InChI=1S/C8H12F3N/c9-8(10,11)2-1-7-3-6(7)4-12-5-7/h6,12H,1-5H2. The minimum absolute atomic E-state index is 0.0372. The summed E-state index contributed by atoms with van der Waals surface area (Å²) < 4.78 is 35.6. The molecule has 1 aliphatic heterocycles. The van der Waals surface area contributed by atoms with E-state index in [0.29, 0.717) is 12.3 Å². The number of hydrogen-bond acceptors (Lipinski definition) is 1. The Morgan fingerprint density at radius 3 is 2.58 bits per heavy atom. The Morgan fingerprint density at radius 2 is 2.17 bits per heavy atom. The maximum absolute atomic E-state index is 11.9. The average Bonchev–Trinajstić information content (AvgIpc) is 2.51. The van der Waals surface area contributed by atoms with E-state index in [-0.39, 0.29) is 5.41 Å². The maximum Gasteiger partial charge on any atom is 0.389 e. The number of halogens is 3. The minimum Gasteiger partial charge on any atom is -0.316 e. The van der Waals surface area contributed by atoms with E-state index in [2.05, 4.69) is 5.32 Å². The largest absolute Gasteiger partial charge is 0.389 e. The number of rotatable bonds is 2. The smallest absolute Gasteiger partial charge is 0.316 e. The molecule has 1 N–H and O–H groups in total. The van der Waals surface area contributed by atoms with E-state index in [9.17, 15) is 13.2 Å². The van der Waals surface area contributed by atoms with Gasteiger partial charge in [0.1, 0.15) is 0 Å². The lowest BCUT2D eigenvalue weighted by atomic mass is 9.99. The summed E-state index contributed by atoms with van der Waals surface area (Å²) in [5.41, 5.74) is 0.0372. The zero-order valence-electron chi connectivity index (χ0n) is 6.75. The molecule has 0 bridgehead atoms. The predicted octanol–water partition coefficient (Wildman–Crippen LogP) is 1.94. The topological polar surface area (TPSA) is 12.0 Å². The highest BCUT2D eigenvalue weighted by Crippen LogP contribution is 2.58. The quantitative estimate of drug-likeness (QED) is 0.683. The first-order chi connectivity index (χ1) is 5.52. The lowest BCUT2D eigenvalue weighted by molar-refractivity contribution is -0.138. The second-order valence-electron chi connectivity index (χ2n) is 4.01. The van der Waals surface area contributed by atoms with Gasteiger partial charge >= 0.3 is 6.18 Å². The third-order valence-electron chi connectivity index (χ3n) is 3.13. The van der Waals surface area contributed by atoms with Crippen LogP contribution >= 0.6 is 0 Å². The molecule has 2 fully saturated rings. The highest BCUT2D eigenvalue weighted by atomic mass is 19.4. The van der Waals surface area contributed by atoms with Crippen LogP contribution in [-0.2, 0) is 0 Å². The van der Waals surface area contributed by atoms with Gasteiger partial charge in [0.15, 0.2) is 0 Å². The Hall–Kier alpha value is -0.250. The Kier molecular flexibility index (Phi) is 1.65. The van der Waals surface area contributed by atoms with Crippen LogP contribution in [0.15, 0.2) is 0 Å². The molecule has 1 saturated carbocycles. The molecule has 70 valence electrons. The highest BCUT2D eigenvalue weighted by Gasteiger charge is 2.57. The molecule has 1 saturated heterocycles. The first kappa shape index (κ1) is 8.35. The van der Waals surface area contributed by atoms with Crippen LogP contribution in [0.5, 0.6) is 0 Å². The summed E-state index contributed by atoms with van der Waals surface area (Å²) in [6.45, 7) is 1.73. The van der Waals surface area contributed by atoms with E-state index in [0.717, 1.165) is 19.5 Å². The Balaban J connectivity index is 1.81. The molecular formula is C8H12F3N. The van der Waals surface area contributed by atoms with Gasteiger partial charge in [-0.05, 0) is 30.7 Å². The third-order valence-corrected chi connectivity index (χ3v) is 3.13. The lowest BCUT2D eigenvalue weighted by Gasteiger charge is -2.12. The van der Waals surface area contributed by atoms with Crippen molar-refractivity contribution in [2.75, 3.05) is 13.1 Å². The van der Waals surface area contributed by atoms with Crippen molar-refractivity contribution in [1.82, 2.24) is 5.32 Å². The molecule has 2 unspecified atom stereocenters. The van der Waals surface area contributed by atoms with Gasteiger partial charge in [-0.3, -0.25) is 0 Å². The maximum atomic E-state index is 11.9. The molecule has 1 nitrogen and oxygen atoms in total. The molecule has 0 aromatic carbocycles. The van der Waals surface area contributed by atoms with Crippen molar-refractivity contribution in [3.8, 4) is 0 Å². The van der Waals surface area contributed by atoms with Crippen molar-refractivity contribution in [2.24, 2.45) is 11.3 Å². The Morgan fingerprint density at radius 1 is 1.42 bits per heavy atom. The van der Waals surface area contributed by atoms with E-state index in [4.69, 9.17) is 0 Å². The van der Waals surface area contributed by atoms with Gasteiger partial charge in [0.05, 0.1) is 0 Å². The van der Waals surface area contributed by atoms with Gasteiger partial charge in [0.2, 0.25) is 0 Å². The SMILES string of the molecule is FC(F)(F)CCC12CNCC1C2. The van der Waals surface area contributed by atoms with Crippen LogP contribution < -0.4 is 5.32 Å². The summed E-state index contributed by atoms with van der Waals surface area (Å²) in [6.07, 6.45) is -3.24. The summed E-state index contributed by atoms with van der Waals surface area (Å²) in [5.74, 6) is 0.542. The summed E-state index contributed by atoms with van der Waals surface area (Å²) >= 11 is 0. The van der Waals surface area contributed by atoms with Crippen LogP contribution in [0.25, 0.3) is 0 Å². The lowest BCUT2D eigenvalue weighted by Crippen LogP contribution is -2.18. The summed E-state index contributed by atoms with van der Waals surface area (Å²) in [7, 11) is 0. The van der Waals surface area contributed by atoms with Crippen LogP contribution in [0.4, 0.5) is 13.2 Å². The normalized spacial score (nSPS) is 39.8. The second-order valence-corrected chi connectivity index (χ2v) is 4.01. The molecule has 0 spiro atoms. The highest BCUT2D eigenvalue weighted by molar-refractivity contribution is 5.08. The Bertz CT molecular complexity index is 189. The molecule has 4 heteroatoms. The molecular weight excluding hydrogens is 167 g/mol. The molecule has 0 aromatic rings. The van der Waals surface area contributed by atoms with Crippen LogP contribution in [0.1, 0.15) is 19.3 Å². The molecule has 12 heavy (non-hydrogen) atoms. The molecule has 1 heterocycles. The average molecular weight is 179 g/mol. The van der Waals surface area contributed by atoms with Gasteiger partial charge in [-0.15, -0.1) is 0 Å². The fraction of sp³-hybridized carbons (Fsp3) is 1.00. The van der Waals surface area contributed by atoms with Gasteiger partial charge in [0.25, 0.3) is 0 Å². The molecule has 2 atom stereocenters. The number of piperidine rings is 1. The summed E-state index contributed by atoms with van der Waals surface area (Å²) in [5, 5.41) is 3.13. The summed E-state index contributed by atoms with van der Waals surface area (Å²) in [4.78, 5) is 0. The summed E-state index contributed by atoms with van der Waals surface area (Å²) in [6, 6.07) is 0. The fourth-order valence-corrected chi connectivity index (χ4v) is 2.22. The van der Waals surface area contributed by atoms with Crippen molar-refractivity contribution in [3.63, 3.8) is 0 Å². The number of nitrogens with one attached hydrogen (secondary N) is 1. The van der Waals surface area contributed by atoms with Crippen molar-refractivity contribution in [1.29, 1.82) is 0 Å². The third kappa shape index (κ3) is 1.44. The monoisotopic (exact) mass is 179 g/mol. The first-order valence-electron chi connectivity index (χ1n) is 4.29. The number of hydrogen-bond donors (Lipinski definition) is 1. The van der Waals surface area contributed by atoms with Crippen LogP contribution in [0.2, 0.25) is 0 Å². The van der Waals surface area contributed by atoms with Crippen LogP contribution in [-0.4, -0.2) is 19.3 Å². The molecule has 0 radical (unpaired) electrons. The van der Waals surface area contributed by atoms with Crippen molar-refractivity contribution in [2.45, 2.75) is 25.4 Å². The van der Waals surface area contributed by atoms with Crippen molar-refractivity contribution in [3.05, 3.63) is 0 Å².